The van der Waals surface area contributed by atoms with E-state index >= 15 is 0 Å². The van der Waals surface area contributed by atoms with Crippen molar-refractivity contribution in [2.45, 2.75) is 45.4 Å². The molecule has 2 amide bonds. The topological polar surface area (TPSA) is 109 Å². The van der Waals surface area contributed by atoms with Crippen molar-refractivity contribution in [3.05, 3.63) is 24.4 Å². The molecule has 0 rings (SSSR count). The number of rotatable bonds is 15. The van der Waals surface area contributed by atoms with Gasteiger partial charge >= 0.3 is 0 Å². The lowest BCUT2D eigenvalue weighted by atomic mass is 10.2. The van der Waals surface area contributed by atoms with Crippen LogP contribution in [0.3, 0.4) is 0 Å². The van der Waals surface area contributed by atoms with Gasteiger partial charge in [-0.15, -0.1) is 0 Å². The van der Waals surface area contributed by atoms with Crippen molar-refractivity contribution in [1.82, 2.24) is 20.6 Å². The van der Waals surface area contributed by atoms with Crippen LogP contribution in [0.4, 0.5) is 0 Å². The predicted octanol–water partition coefficient (Wildman–Crippen LogP) is 1.75. The Morgan fingerprint density at radius 2 is 1.93 bits per heavy atom. The van der Waals surface area contributed by atoms with Gasteiger partial charge in [-0.3, -0.25) is 14.8 Å². The zero-order chi connectivity index (χ0) is 20.5. The van der Waals surface area contributed by atoms with Crippen LogP contribution in [0, 0.1) is 11.5 Å². The van der Waals surface area contributed by atoms with E-state index in [0.717, 1.165) is 31.5 Å². The molecular formula is C19H33N5O3. The minimum absolute atomic E-state index is 0.156. The third-order valence-electron chi connectivity index (χ3n) is 3.87. The number of nitriles is 1. The molecule has 0 unspecified atom stereocenters. The monoisotopic (exact) mass is 379 g/mol. The van der Waals surface area contributed by atoms with Gasteiger partial charge in [-0.25, -0.2) is 9.96 Å². The normalized spacial score (nSPS) is 10.4. The summed E-state index contributed by atoms with van der Waals surface area (Å²) in [6.07, 6.45) is 9.79. The first-order valence-corrected chi connectivity index (χ1v) is 9.30. The highest BCUT2D eigenvalue weighted by Crippen LogP contribution is 2.05. The SMILES string of the molecule is C=C(CCC(=O)N(C#N)CCCCCNC)NCC/C=C/CN(O)C(C)=O. The molecule has 0 heterocycles. The van der Waals surface area contributed by atoms with Gasteiger partial charge in [-0.05, 0) is 39.3 Å². The molecular weight excluding hydrogens is 346 g/mol. The van der Waals surface area contributed by atoms with Gasteiger partial charge in [0.15, 0.2) is 6.19 Å². The molecule has 0 aliphatic carbocycles. The summed E-state index contributed by atoms with van der Waals surface area (Å²) in [7, 11) is 1.90. The van der Waals surface area contributed by atoms with E-state index in [9.17, 15) is 14.8 Å². The minimum atomic E-state index is -0.403. The van der Waals surface area contributed by atoms with Crippen LogP contribution in [0.15, 0.2) is 24.4 Å². The van der Waals surface area contributed by atoms with E-state index in [1.54, 1.807) is 6.08 Å². The summed E-state index contributed by atoms with van der Waals surface area (Å²) in [6.45, 7) is 7.38. The molecule has 152 valence electrons. The molecule has 27 heavy (non-hydrogen) atoms. The lowest BCUT2D eigenvalue weighted by molar-refractivity contribution is -0.160. The second-order valence-corrected chi connectivity index (χ2v) is 6.20. The van der Waals surface area contributed by atoms with Crippen molar-refractivity contribution in [3.8, 4) is 6.19 Å². The molecule has 0 saturated heterocycles. The number of nitrogens with one attached hydrogen (secondary N) is 2. The fourth-order valence-corrected chi connectivity index (χ4v) is 2.21. The van der Waals surface area contributed by atoms with Crippen LogP contribution in [0.25, 0.3) is 0 Å². The molecule has 0 aliphatic rings. The van der Waals surface area contributed by atoms with E-state index in [1.807, 2.05) is 19.3 Å². The molecule has 0 aliphatic heterocycles. The Kier molecular flexibility index (Phi) is 14.5. The second-order valence-electron chi connectivity index (χ2n) is 6.20. The number of amides is 2. The molecule has 0 saturated carbocycles. The summed E-state index contributed by atoms with van der Waals surface area (Å²) in [5.41, 5.74) is 0.746. The number of unbranched alkanes of at least 4 members (excludes halogenated alkanes) is 2. The smallest absolute Gasteiger partial charge is 0.243 e. The second kappa shape index (κ2) is 15.9. The van der Waals surface area contributed by atoms with Gasteiger partial charge < -0.3 is 10.6 Å². The molecule has 0 spiro atoms. The van der Waals surface area contributed by atoms with Gasteiger partial charge in [0.1, 0.15) is 0 Å². The van der Waals surface area contributed by atoms with E-state index in [1.165, 1.54) is 11.8 Å². The van der Waals surface area contributed by atoms with Crippen LogP contribution in [-0.2, 0) is 9.59 Å². The number of allylic oxidation sites excluding steroid dienone is 1. The molecule has 0 fully saturated rings. The Labute approximate surface area is 162 Å². The number of hydrogen-bond donors (Lipinski definition) is 3. The maximum Gasteiger partial charge on any atom is 0.243 e. The van der Waals surface area contributed by atoms with Crippen LogP contribution >= 0.6 is 0 Å². The molecule has 0 aromatic carbocycles. The highest BCUT2D eigenvalue weighted by molar-refractivity contribution is 5.77. The summed E-state index contributed by atoms with van der Waals surface area (Å²) in [4.78, 5) is 24.1. The zero-order valence-corrected chi connectivity index (χ0v) is 16.5. The lowest BCUT2D eigenvalue weighted by Crippen LogP contribution is -2.27. The van der Waals surface area contributed by atoms with Gasteiger partial charge in [-0.1, -0.05) is 25.2 Å². The molecule has 0 aromatic rings. The van der Waals surface area contributed by atoms with Crippen molar-refractivity contribution in [2.75, 3.05) is 33.2 Å². The van der Waals surface area contributed by atoms with E-state index in [0.29, 0.717) is 31.0 Å². The van der Waals surface area contributed by atoms with Crippen LogP contribution in [0.1, 0.15) is 45.4 Å². The highest BCUT2D eigenvalue weighted by Gasteiger charge is 2.12. The van der Waals surface area contributed by atoms with Crippen molar-refractivity contribution in [3.63, 3.8) is 0 Å². The van der Waals surface area contributed by atoms with E-state index in [4.69, 9.17) is 5.26 Å². The van der Waals surface area contributed by atoms with E-state index in [2.05, 4.69) is 17.2 Å². The molecule has 3 N–H and O–H groups in total. The predicted molar refractivity (Wildman–Crippen MR) is 104 cm³/mol. The van der Waals surface area contributed by atoms with Crippen molar-refractivity contribution >= 4 is 11.8 Å². The third kappa shape index (κ3) is 13.5. The number of carbonyl (C=O) groups excluding carboxylic acids is 2. The Morgan fingerprint density at radius 3 is 2.56 bits per heavy atom. The largest absolute Gasteiger partial charge is 0.388 e. The van der Waals surface area contributed by atoms with Gasteiger partial charge in [0, 0.05) is 32.1 Å². The molecule has 0 bridgehead atoms. The third-order valence-corrected chi connectivity index (χ3v) is 3.87. The molecule has 0 radical (unpaired) electrons. The summed E-state index contributed by atoms with van der Waals surface area (Å²) >= 11 is 0. The maximum atomic E-state index is 12.1. The minimum Gasteiger partial charge on any atom is -0.388 e. The fourth-order valence-electron chi connectivity index (χ4n) is 2.21. The van der Waals surface area contributed by atoms with E-state index < -0.39 is 5.91 Å². The van der Waals surface area contributed by atoms with Crippen LogP contribution in [-0.4, -0.2) is 60.2 Å². The quantitative estimate of drug-likeness (QED) is 0.0999. The summed E-state index contributed by atoms with van der Waals surface area (Å²) in [6, 6.07) is 0. The molecule has 0 aromatic heterocycles. The Hall–Kier alpha value is -2.37. The average Bonchev–Trinajstić information content (AvgIpc) is 2.65. The van der Waals surface area contributed by atoms with Crippen LogP contribution in [0.5, 0.6) is 0 Å². The maximum absolute atomic E-state index is 12.1. The van der Waals surface area contributed by atoms with Gasteiger partial charge in [-0.2, -0.15) is 5.26 Å². The standard InChI is InChI=1S/C19H33N5O3/c1-17(22-13-7-5-9-15-24(27)18(2)25)10-11-19(26)23(16-20)14-8-4-6-12-21-3/h5,9,21-22,27H,1,4,6-8,10-15H2,2-3H3/b9-5+. The zero-order valence-electron chi connectivity index (χ0n) is 16.5. The summed E-state index contributed by atoms with van der Waals surface area (Å²) in [5, 5.41) is 25.1. The summed E-state index contributed by atoms with van der Waals surface area (Å²) < 4.78 is 0. The first-order valence-electron chi connectivity index (χ1n) is 9.30. The van der Waals surface area contributed by atoms with Crippen molar-refractivity contribution in [2.24, 2.45) is 0 Å². The van der Waals surface area contributed by atoms with Crippen molar-refractivity contribution < 1.29 is 14.8 Å². The van der Waals surface area contributed by atoms with E-state index in [-0.39, 0.29) is 18.9 Å². The summed E-state index contributed by atoms with van der Waals surface area (Å²) in [5.74, 6) is -0.582. The van der Waals surface area contributed by atoms with Gasteiger partial charge in [0.2, 0.25) is 11.8 Å². The van der Waals surface area contributed by atoms with Crippen LogP contribution < -0.4 is 10.6 Å². The average molecular weight is 380 g/mol. The number of hydroxylamine groups is 2. The molecule has 8 heteroatoms. The Balaban J connectivity index is 3.88. The Morgan fingerprint density at radius 1 is 1.19 bits per heavy atom. The van der Waals surface area contributed by atoms with Crippen LogP contribution in [0.2, 0.25) is 0 Å². The Bertz CT molecular complexity index is 528. The first-order chi connectivity index (χ1) is 12.9. The fraction of sp³-hybridized carbons (Fsp3) is 0.632. The first kappa shape index (κ1) is 24.6. The van der Waals surface area contributed by atoms with Gasteiger partial charge in [0.05, 0.1) is 6.54 Å². The van der Waals surface area contributed by atoms with Gasteiger partial charge in [0.25, 0.3) is 0 Å². The highest BCUT2D eigenvalue weighted by atomic mass is 16.5. The number of carbonyl (C=O) groups is 2. The molecule has 8 nitrogen and oxygen atoms in total. The number of hydrogen-bond acceptors (Lipinski definition) is 6. The number of nitrogens with zero attached hydrogens (tertiary/aromatic N) is 3. The van der Waals surface area contributed by atoms with Crippen molar-refractivity contribution in [1.29, 1.82) is 5.26 Å². The molecule has 0 atom stereocenters. The lowest BCUT2D eigenvalue weighted by Gasteiger charge is -2.14.